The second-order valence-electron chi connectivity index (χ2n) is 4.63. The number of carbonyl (C=O) groups excluding carboxylic acids is 1. The predicted octanol–water partition coefficient (Wildman–Crippen LogP) is 2.45. The number of benzene rings is 1. The standard InChI is InChI=1S/C15H22N4O3/c16-7-9-22-11-10-21-8-1-2-15(20)14-5-3-13(4-6-14)12-18-19-17/h3-6H,1-2,7-12,16H2. The maximum atomic E-state index is 12.0. The molecule has 22 heavy (non-hydrogen) atoms. The van der Waals surface area contributed by atoms with Crippen molar-refractivity contribution in [1.29, 1.82) is 0 Å². The van der Waals surface area contributed by atoms with Gasteiger partial charge in [0.15, 0.2) is 5.78 Å². The van der Waals surface area contributed by atoms with Crippen LogP contribution in [0.25, 0.3) is 10.4 Å². The highest BCUT2D eigenvalue weighted by Gasteiger charge is 2.05. The van der Waals surface area contributed by atoms with Gasteiger partial charge in [-0.25, -0.2) is 0 Å². The van der Waals surface area contributed by atoms with Gasteiger partial charge in [0.05, 0.1) is 26.4 Å². The zero-order valence-corrected chi connectivity index (χ0v) is 12.6. The lowest BCUT2D eigenvalue weighted by Gasteiger charge is -2.05. The number of azide groups is 1. The molecule has 0 aliphatic carbocycles. The maximum absolute atomic E-state index is 12.0. The Labute approximate surface area is 130 Å². The van der Waals surface area contributed by atoms with Crippen LogP contribution in [0.3, 0.4) is 0 Å². The van der Waals surface area contributed by atoms with Crippen LogP contribution in [-0.2, 0) is 16.0 Å². The van der Waals surface area contributed by atoms with Gasteiger partial charge in [-0.2, -0.15) is 0 Å². The second-order valence-corrected chi connectivity index (χ2v) is 4.63. The van der Waals surface area contributed by atoms with Gasteiger partial charge in [-0.15, -0.1) is 0 Å². The molecule has 0 fully saturated rings. The van der Waals surface area contributed by atoms with Crippen LogP contribution >= 0.6 is 0 Å². The summed E-state index contributed by atoms with van der Waals surface area (Å²) >= 11 is 0. The van der Waals surface area contributed by atoms with Crippen LogP contribution in [0.5, 0.6) is 0 Å². The monoisotopic (exact) mass is 306 g/mol. The molecule has 0 radical (unpaired) electrons. The Morgan fingerprint density at radius 2 is 1.82 bits per heavy atom. The number of ketones is 1. The van der Waals surface area contributed by atoms with Gasteiger partial charge in [-0.3, -0.25) is 4.79 Å². The van der Waals surface area contributed by atoms with Gasteiger partial charge < -0.3 is 15.2 Å². The largest absolute Gasteiger partial charge is 0.379 e. The minimum absolute atomic E-state index is 0.0818. The Kier molecular flexibility index (Phi) is 9.65. The summed E-state index contributed by atoms with van der Waals surface area (Å²) in [6.07, 6.45) is 1.12. The number of carbonyl (C=O) groups is 1. The number of hydrogen-bond donors (Lipinski definition) is 1. The van der Waals surface area contributed by atoms with Crippen molar-refractivity contribution >= 4 is 5.78 Å². The average molecular weight is 306 g/mol. The Hall–Kier alpha value is -1.92. The first-order valence-corrected chi connectivity index (χ1v) is 7.26. The van der Waals surface area contributed by atoms with E-state index in [1.165, 1.54) is 0 Å². The lowest BCUT2D eigenvalue weighted by molar-refractivity contribution is 0.0489. The van der Waals surface area contributed by atoms with Crippen LogP contribution in [0, 0.1) is 0 Å². The molecule has 2 N–H and O–H groups in total. The normalized spacial score (nSPS) is 10.2. The summed E-state index contributed by atoms with van der Waals surface area (Å²) in [6.45, 7) is 2.92. The molecule has 120 valence electrons. The molecule has 0 saturated heterocycles. The van der Waals surface area contributed by atoms with E-state index >= 15 is 0 Å². The highest BCUT2D eigenvalue weighted by Crippen LogP contribution is 2.09. The molecule has 7 nitrogen and oxygen atoms in total. The fourth-order valence-corrected chi connectivity index (χ4v) is 1.79. The molecule has 0 unspecified atom stereocenters. The number of hydrogen-bond acceptors (Lipinski definition) is 5. The number of nitrogens with two attached hydrogens (primary N) is 1. The van der Waals surface area contributed by atoms with Crippen molar-refractivity contribution in [2.45, 2.75) is 19.4 Å². The van der Waals surface area contributed by atoms with Crippen molar-refractivity contribution in [2.24, 2.45) is 10.8 Å². The lowest BCUT2D eigenvalue weighted by atomic mass is 10.0. The molecule has 0 amide bonds. The summed E-state index contributed by atoms with van der Waals surface area (Å²) < 4.78 is 10.5. The van der Waals surface area contributed by atoms with Crippen LogP contribution in [0.4, 0.5) is 0 Å². The van der Waals surface area contributed by atoms with Crippen LogP contribution in [0.1, 0.15) is 28.8 Å². The van der Waals surface area contributed by atoms with E-state index in [1.54, 1.807) is 24.3 Å². The molecule has 0 bridgehead atoms. The fourth-order valence-electron chi connectivity index (χ4n) is 1.79. The van der Waals surface area contributed by atoms with Crippen LogP contribution in [0.15, 0.2) is 29.4 Å². The fraction of sp³-hybridized carbons (Fsp3) is 0.533. The van der Waals surface area contributed by atoms with Crippen molar-refractivity contribution in [2.75, 3.05) is 33.0 Å². The van der Waals surface area contributed by atoms with E-state index in [4.69, 9.17) is 20.7 Å². The molecule has 0 aromatic heterocycles. The van der Waals surface area contributed by atoms with Crippen molar-refractivity contribution in [3.8, 4) is 0 Å². The van der Waals surface area contributed by atoms with E-state index in [-0.39, 0.29) is 5.78 Å². The third-order valence-electron chi connectivity index (χ3n) is 2.92. The summed E-state index contributed by atoms with van der Waals surface area (Å²) in [5.41, 5.74) is 15.1. The highest BCUT2D eigenvalue weighted by molar-refractivity contribution is 5.96. The molecule has 1 aromatic carbocycles. The maximum Gasteiger partial charge on any atom is 0.162 e. The molecular weight excluding hydrogens is 284 g/mol. The summed E-state index contributed by atoms with van der Waals surface area (Å²) in [6, 6.07) is 7.11. The Morgan fingerprint density at radius 3 is 2.45 bits per heavy atom. The topological polar surface area (TPSA) is 110 Å². The smallest absolute Gasteiger partial charge is 0.162 e. The summed E-state index contributed by atoms with van der Waals surface area (Å²) in [5.74, 6) is 0.0818. The Bertz CT molecular complexity index is 484. The van der Waals surface area contributed by atoms with E-state index in [2.05, 4.69) is 10.0 Å². The molecule has 0 saturated carbocycles. The van der Waals surface area contributed by atoms with Gasteiger partial charge in [0, 0.05) is 30.0 Å². The van der Waals surface area contributed by atoms with Crippen molar-refractivity contribution in [3.05, 3.63) is 45.8 Å². The molecule has 0 aliphatic heterocycles. The summed E-state index contributed by atoms with van der Waals surface area (Å²) in [5, 5.41) is 3.48. The summed E-state index contributed by atoms with van der Waals surface area (Å²) in [7, 11) is 0. The number of nitrogens with zero attached hydrogens (tertiary/aromatic N) is 3. The van der Waals surface area contributed by atoms with Crippen molar-refractivity contribution in [3.63, 3.8) is 0 Å². The number of rotatable bonds is 12. The van der Waals surface area contributed by atoms with E-state index < -0.39 is 0 Å². The first-order chi connectivity index (χ1) is 10.8. The quantitative estimate of drug-likeness (QED) is 0.210. The number of ether oxygens (including phenoxy) is 2. The van der Waals surface area contributed by atoms with Crippen molar-refractivity contribution in [1.82, 2.24) is 0 Å². The molecule has 0 aliphatic rings. The van der Waals surface area contributed by atoms with E-state index in [9.17, 15) is 4.79 Å². The van der Waals surface area contributed by atoms with Gasteiger partial charge in [0.1, 0.15) is 0 Å². The van der Waals surface area contributed by atoms with Crippen LogP contribution < -0.4 is 5.73 Å². The summed E-state index contributed by atoms with van der Waals surface area (Å²) in [4.78, 5) is 14.7. The minimum atomic E-state index is 0.0818. The zero-order valence-electron chi connectivity index (χ0n) is 12.6. The third kappa shape index (κ3) is 7.75. The van der Waals surface area contributed by atoms with Gasteiger partial charge in [-0.1, -0.05) is 29.4 Å². The first kappa shape index (κ1) is 18.1. The zero-order chi connectivity index (χ0) is 16.0. The Morgan fingerprint density at radius 1 is 1.14 bits per heavy atom. The van der Waals surface area contributed by atoms with Crippen LogP contribution in [0.2, 0.25) is 0 Å². The predicted molar refractivity (Wildman–Crippen MR) is 83.5 cm³/mol. The number of Topliss-reactive ketones (excluding diaryl/α,β-unsaturated/α-hetero) is 1. The van der Waals surface area contributed by atoms with Gasteiger partial charge >= 0.3 is 0 Å². The second kappa shape index (κ2) is 11.7. The van der Waals surface area contributed by atoms with E-state index in [1.807, 2.05) is 0 Å². The molecule has 0 atom stereocenters. The minimum Gasteiger partial charge on any atom is -0.379 e. The van der Waals surface area contributed by atoms with Crippen molar-refractivity contribution < 1.29 is 14.3 Å². The molecule has 7 heteroatoms. The SMILES string of the molecule is [N-]=[N+]=NCc1ccc(C(=O)CCCOCCOCCN)cc1. The van der Waals surface area contributed by atoms with Gasteiger partial charge in [-0.05, 0) is 17.5 Å². The van der Waals surface area contributed by atoms with E-state index in [0.29, 0.717) is 57.9 Å². The highest BCUT2D eigenvalue weighted by atomic mass is 16.5. The van der Waals surface area contributed by atoms with Gasteiger partial charge in [0.25, 0.3) is 0 Å². The van der Waals surface area contributed by atoms with Gasteiger partial charge in [0.2, 0.25) is 0 Å². The average Bonchev–Trinajstić information content (AvgIpc) is 2.55. The molecule has 0 spiro atoms. The van der Waals surface area contributed by atoms with E-state index in [0.717, 1.165) is 5.56 Å². The third-order valence-corrected chi connectivity index (χ3v) is 2.92. The molecule has 1 rings (SSSR count). The molecule has 1 aromatic rings. The molecular formula is C15H22N4O3. The lowest BCUT2D eigenvalue weighted by Crippen LogP contribution is -2.12. The molecule has 0 heterocycles. The van der Waals surface area contributed by atoms with Crippen LogP contribution in [-0.4, -0.2) is 38.8 Å². The Balaban J connectivity index is 2.18. The first-order valence-electron chi connectivity index (χ1n) is 7.26.